The fraction of sp³-hybridized carbons (Fsp3) is 0.318. The van der Waals surface area contributed by atoms with Crippen molar-refractivity contribution in [3.8, 4) is 11.8 Å². The summed E-state index contributed by atoms with van der Waals surface area (Å²) in [5.41, 5.74) is 1.37. The number of hydrogen-bond donors (Lipinski definition) is 1. The van der Waals surface area contributed by atoms with Gasteiger partial charge in [0.15, 0.2) is 0 Å². The average molecular weight is 420 g/mol. The molecular formula is C22H20N4O3S. The summed E-state index contributed by atoms with van der Waals surface area (Å²) in [5.74, 6) is 0.748. The Balaban J connectivity index is 1.26. The zero-order valence-electron chi connectivity index (χ0n) is 16.3. The van der Waals surface area contributed by atoms with Crippen molar-refractivity contribution in [3.05, 3.63) is 53.6 Å². The monoisotopic (exact) mass is 420 g/mol. The molecule has 0 radical (unpaired) electrons. The number of nitrogens with one attached hydrogen (secondary N) is 1. The van der Waals surface area contributed by atoms with Gasteiger partial charge in [-0.25, -0.2) is 14.0 Å². The number of carbonyl (C=O) groups excluding carboxylic acids is 2. The summed E-state index contributed by atoms with van der Waals surface area (Å²) >= 11 is 1.66. The summed E-state index contributed by atoms with van der Waals surface area (Å²) in [6.07, 6.45) is 2.07. The summed E-state index contributed by atoms with van der Waals surface area (Å²) in [4.78, 5) is 28.1. The van der Waals surface area contributed by atoms with Gasteiger partial charge >= 0.3 is 6.03 Å². The number of nitriles is 1. The maximum Gasteiger partial charge on any atom is 0.329 e. The number of fused-ring (bicyclic) bond motifs is 1. The Morgan fingerprint density at radius 2 is 1.87 bits per heavy atom. The lowest BCUT2D eigenvalue weighted by molar-refractivity contribution is -0.123. The molecule has 2 aromatic rings. The van der Waals surface area contributed by atoms with E-state index in [2.05, 4.69) is 27.8 Å². The third-order valence-corrected chi connectivity index (χ3v) is 6.98. The van der Waals surface area contributed by atoms with E-state index in [0.29, 0.717) is 37.2 Å². The van der Waals surface area contributed by atoms with Crippen molar-refractivity contribution < 1.29 is 14.3 Å². The van der Waals surface area contributed by atoms with E-state index in [1.165, 1.54) is 10.5 Å². The van der Waals surface area contributed by atoms with Gasteiger partial charge in [0.1, 0.15) is 11.3 Å². The van der Waals surface area contributed by atoms with Crippen LogP contribution < -0.4 is 15.0 Å². The number of urea groups is 1. The molecule has 0 bridgehead atoms. The number of piperidine rings is 1. The van der Waals surface area contributed by atoms with E-state index in [9.17, 15) is 9.59 Å². The molecule has 2 aromatic carbocycles. The van der Waals surface area contributed by atoms with Crippen LogP contribution >= 0.6 is 11.9 Å². The van der Waals surface area contributed by atoms with Crippen LogP contribution in [0.3, 0.4) is 0 Å². The van der Waals surface area contributed by atoms with Crippen LogP contribution in [-0.2, 0) is 11.2 Å². The number of amides is 3. The molecule has 7 nitrogen and oxygen atoms in total. The molecule has 0 atom stereocenters. The van der Waals surface area contributed by atoms with Crippen LogP contribution in [0.25, 0.3) is 0 Å². The SMILES string of the molecule is N#Cc1ccc(N2C(=O)NC3(CCN(Sc4ccc5c(c4)OCC5)CC3)C2=O)cc1. The van der Waals surface area contributed by atoms with Gasteiger partial charge in [-0.05, 0) is 66.8 Å². The van der Waals surface area contributed by atoms with Crippen molar-refractivity contribution in [1.82, 2.24) is 9.62 Å². The Labute approximate surface area is 178 Å². The lowest BCUT2D eigenvalue weighted by Gasteiger charge is -2.36. The highest BCUT2D eigenvalue weighted by atomic mass is 32.2. The van der Waals surface area contributed by atoms with Gasteiger partial charge in [0.2, 0.25) is 0 Å². The van der Waals surface area contributed by atoms with Gasteiger partial charge in [0.25, 0.3) is 5.91 Å². The normalized spacial score (nSPS) is 20.0. The van der Waals surface area contributed by atoms with E-state index in [-0.39, 0.29) is 5.91 Å². The van der Waals surface area contributed by atoms with Gasteiger partial charge in [-0.15, -0.1) is 0 Å². The minimum atomic E-state index is -0.858. The average Bonchev–Trinajstić information content (AvgIpc) is 3.32. The molecule has 2 saturated heterocycles. The van der Waals surface area contributed by atoms with Crippen molar-refractivity contribution >= 4 is 29.6 Å². The number of rotatable bonds is 3. The van der Waals surface area contributed by atoms with E-state index in [1.807, 2.05) is 6.07 Å². The molecule has 8 heteroatoms. The fourth-order valence-corrected chi connectivity index (χ4v) is 5.14. The fourth-order valence-electron chi connectivity index (χ4n) is 4.19. The van der Waals surface area contributed by atoms with E-state index >= 15 is 0 Å². The Morgan fingerprint density at radius 3 is 2.60 bits per heavy atom. The zero-order chi connectivity index (χ0) is 20.7. The molecular weight excluding hydrogens is 400 g/mol. The molecule has 3 heterocycles. The molecule has 3 amide bonds. The second-order valence-corrected chi connectivity index (χ2v) is 8.87. The Hall–Kier alpha value is -3.02. The van der Waals surface area contributed by atoms with E-state index in [4.69, 9.17) is 10.00 Å². The topological polar surface area (TPSA) is 85.7 Å². The molecule has 0 aromatic heterocycles. The molecule has 0 saturated carbocycles. The first kappa shape index (κ1) is 19.0. The van der Waals surface area contributed by atoms with Crippen LogP contribution in [0.4, 0.5) is 10.5 Å². The molecule has 30 heavy (non-hydrogen) atoms. The quantitative estimate of drug-likeness (QED) is 0.607. The molecule has 2 fully saturated rings. The molecule has 3 aliphatic rings. The third kappa shape index (κ3) is 3.20. The minimum absolute atomic E-state index is 0.215. The number of nitrogens with zero attached hydrogens (tertiary/aromatic N) is 3. The van der Waals surface area contributed by atoms with Crippen molar-refractivity contribution in [1.29, 1.82) is 5.26 Å². The molecule has 1 spiro atoms. The molecule has 3 aliphatic heterocycles. The summed E-state index contributed by atoms with van der Waals surface area (Å²) in [6, 6.07) is 14.4. The van der Waals surface area contributed by atoms with Gasteiger partial charge in [-0.1, -0.05) is 6.07 Å². The summed E-state index contributed by atoms with van der Waals surface area (Å²) in [6.45, 7) is 2.12. The first-order valence-electron chi connectivity index (χ1n) is 9.93. The predicted molar refractivity (Wildman–Crippen MR) is 112 cm³/mol. The van der Waals surface area contributed by atoms with Crippen molar-refractivity contribution in [2.45, 2.75) is 29.7 Å². The van der Waals surface area contributed by atoms with E-state index in [0.717, 1.165) is 23.7 Å². The summed E-state index contributed by atoms with van der Waals surface area (Å²) in [5, 5.41) is 11.9. The summed E-state index contributed by atoms with van der Waals surface area (Å²) < 4.78 is 7.88. The molecule has 0 unspecified atom stereocenters. The standard InChI is InChI=1S/C22H20N4O3S/c23-14-15-1-4-17(5-2-15)26-20(27)22(24-21(26)28)8-10-25(11-9-22)30-18-6-3-16-7-12-29-19(16)13-18/h1-6,13H,7-12H2,(H,24,28). The number of imide groups is 1. The first-order valence-corrected chi connectivity index (χ1v) is 10.7. The number of carbonyl (C=O) groups is 2. The van der Waals surface area contributed by atoms with Gasteiger partial charge in [0, 0.05) is 24.4 Å². The largest absolute Gasteiger partial charge is 0.493 e. The van der Waals surface area contributed by atoms with Crippen LogP contribution in [0.1, 0.15) is 24.0 Å². The maximum atomic E-state index is 13.2. The van der Waals surface area contributed by atoms with Gasteiger partial charge in [-0.2, -0.15) is 5.26 Å². The molecule has 1 N–H and O–H groups in total. The minimum Gasteiger partial charge on any atom is -0.493 e. The van der Waals surface area contributed by atoms with Gasteiger partial charge in [-0.3, -0.25) is 4.79 Å². The second kappa shape index (κ2) is 7.35. The van der Waals surface area contributed by atoms with Crippen LogP contribution in [0.5, 0.6) is 5.75 Å². The number of ether oxygens (including phenoxy) is 1. The lowest BCUT2D eigenvalue weighted by atomic mass is 9.88. The molecule has 5 rings (SSSR count). The Morgan fingerprint density at radius 1 is 1.10 bits per heavy atom. The highest BCUT2D eigenvalue weighted by molar-refractivity contribution is 7.97. The van der Waals surface area contributed by atoms with Crippen molar-refractivity contribution in [2.24, 2.45) is 0 Å². The van der Waals surface area contributed by atoms with Gasteiger partial charge in [0.05, 0.1) is 23.9 Å². The summed E-state index contributed by atoms with van der Waals surface area (Å²) in [7, 11) is 0. The smallest absolute Gasteiger partial charge is 0.329 e. The number of hydrogen-bond acceptors (Lipinski definition) is 6. The van der Waals surface area contributed by atoms with E-state index in [1.54, 1.807) is 36.2 Å². The Kier molecular flexibility index (Phi) is 4.65. The van der Waals surface area contributed by atoms with Crippen molar-refractivity contribution in [3.63, 3.8) is 0 Å². The van der Waals surface area contributed by atoms with Crippen molar-refractivity contribution in [2.75, 3.05) is 24.6 Å². The van der Waals surface area contributed by atoms with Crippen LogP contribution in [0.15, 0.2) is 47.4 Å². The lowest BCUT2D eigenvalue weighted by Crippen LogP contribution is -2.53. The number of benzene rings is 2. The number of anilines is 1. The van der Waals surface area contributed by atoms with Crippen LogP contribution in [0.2, 0.25) is 0 Å². The first-order chi connectivity index (χ1) is 14.6. The second-order valence-electron chi connectivity index (χ2n) is 7.70. The molecule has 152 valence electrons. The highest BCUT2D eigenvalue weighted by Crippen LogP contribution is 2.37. The van der Waals surface area contributed by atoms with Crippen LogP contribution in [-0.4, -0.2) is 41.5 Å². The highest BCUT2D eigenvalue weighted by Gasteiger charge is 2.53. The predicted octanol–water partition coefficient (Wildman–Crippen LogP) is 3.09. The Bertz CT molecular complexity index is 1060. The third-order valence-electron chi connectivity index (χ3n) is 5.89. The maximum absolute atomic E-state index is 13.2. The zero-order valence-corrected chi connectivity index (χ0v) is 17.1. The van der Waals surface area contributed by atoms with Crippen LogP contribution in [0, 0.1) is 11.3 Å². The van der Waals surface area contributed by atoms with Gasteiger partial charge < -0.3 is 10.1 Å². The molecule has 0 aliphatic carbocycles. The van der Waals surface area contributed by atoms with E-state index < -0.39 is 11.6 Å².